The highest BCUT2D eigenvalue weighted by molar-refractivity contribution is 5.94. The minimum absolute atomic E-state index is 0.00449. The van der Waals surface area contributed by atoms with Crippen LogP contribution in [0.4, 0.5) is 0 Å². The Bertz CT molecular complexity index is 549. The molecule has 7 heteroatoms. The van der Waals surface area contributed by atoms with E-state index in [0.717, 1.165) is 6.42 Å². The first-order valence-electron chi connectivity index (χ1n) is 7.12. The highest BCUT2D eigenvalue weighted by atomic mass is 16.5. The van der Waals surface area contributed by atoms with E-state index in [-0.39, 0.29) is 31.2 Å². The van der Waals surface area contributed by atoms with E-state index < -0.39 is 5.91 Å². The van der Waals surface area contributed by atoms with Gasteiger partial charge in [0.2, 0.25) is 0 Å². The van der Waals surface area contributed by atoms with E-state index in [9.17, 15) is 14.7 Å². The van der Waals surface area contributed by atoms with Gasteiger partial charge in [-0.15, -0.1) is 0 Å². The van der Waals surface area contributed by atoms with E-state index in [0.29, 0.717) is 17.9 Å². The molecule has 4 N–H and O–H groups in total. The van der Waals surface area contributed by atoms with Gasteiger partial charge in [-0.05, 0) is 31.7 Å². The fourth-order valence-electron chi connectivity index (χ4n) is 2.55. The van der Waals surface area contributed by atoms with Gasteiger partial charge >= 0.3 is 0 Å². The molecule has 0 saturated carbocycles. The van der Waals surface area contributed by atoms with Crippen molar-refractivity contribution in [2.75, 3.05) is 26.8 Å². The first kappa shape index (κ1) is 16.3. The van der Waals surface area contributed by atoms with Crippen LogP contribution in [0, 0.1) is 0 Å². The minimum atomic E-state index is -0.570. The number of aliphatic hydroxyl groups is 1. The molecular formula is C15H21N3O4. The van der Waals surface area contributed by atoms with Crippen molar-refractivity contribution in [3.63, 3.8) is 0 Å². The zero-order valence-electron chi connectivity index (χ0n) is 12.5. The molecule has 1 aliphatic heterocycles. The lowest BCUT2D eigenvalue weighted by molar-refractivity contribution is -0.119. The van der Waals surface area contributed by atoms with Gasteiger partial charge in [0.15, 0.2) is 6.61 Å². The summed E-state index contributed by atoms with van der Waals surface area (Å²) >= 11 is 0. The number of nitrogens with one attached hydrogen (secondary N) is 1. The van der Waals surface area contributed by atoms with Crippen molar-refractivity contribution in [3.05, 3.63) is 29.8 Å². The lowest BCUT2D eigenvalue weighted by atomic mass is 10.1. The van der Waals surface area contributed by atoms with Gasteiger partial charge in [-0.3, -0.25) is 14.5 Å². The Balaban J connectivity index is 1.95. The summed E-state index contributed by atoms with van der Waals surface area (Å²) in [6.07, 6.45) is 0.719. The molecule has 0 bridgehead atoms. The summed E-state index contributed by atoms with van der Waals surface area (Å²) in [5, 5.41) is 12.2. The zero-order chi connectivity index (χ0) is 16.1. The molecule has 0 spiro atoms. The number of likely N-dealkylation sites (N-methyl/N-ethyl adjacent to an activating group) is 1. The molecule has 0 radical (unpaired) electrons. The van der Waals surface area contributed by atoms with Crippen LogP contribution in [0.5, 0.6) is 5.75 Å². The second-order valence-corrected chi connectivity index (χ2v) is 5.46. The molecule has 7 nitrogen and oxygen atoms in total. The Morgan fingerprint density at radius 2 is 2.27 bits per heavy atom. The number of aliphatic hydroxyl groups excluding tert-OH is 1. The SMILES string of the molecule is CN1C[C@H](NC(=O)c2cccc(OCC(N)=O)c2)C[C@H]1CO. The first-order valence-corrected chi connectivity index (χ1v) is 7.12. The number of hydrogen-bond acceptors (Lipinski definition) is 5. The molecule has 1 aromatic carbocycles. The Hall–Kier alpha value is -2.12. The standard InChI is InChI=1S/C15H21N3O4/c1-18-7-11(6-12(18)8-19)17-15(21)10-3-2-4-13(5-10)22-9-14(16)20/h2-5,11-12,19H,6-9H2,1H3,(H2,16,20)(H,17,21)/t11-,12+/m1/s1. The number of ether oxygens (including phenoxy) is 1. The summed E-state index contributed by atoms with van der Waals surface area (Å²) in [5.41, 5.74) is 5.47. The Morgan fingerprint density at radius 1 is 1.50 bits per heavy atom. The number of nitrogens with zero attached hydrogens (tertiary/aromatic N) is 1. The van der Waals surface area contributed by atoms with Gasteiger partial charge in [0.25, 0.3) is 11.8 Å². The normalized spacial score (nSPS) is 21.5. The number of nitrogens with two attached hydrogens (primary N) is 1. The molecule has 2 rings (SSSR count). The Morgan fingerprint density at radius 3 is 2.91 bits per heavy atom. The number of hydrogen-bond donors (Lipinski definition) is 3. The maximum absolute atomic E-state index is 12.3. The Labute approximate surface area is 129 Å². The second-order valence-electron chi connectivity index (χ2n) is 5.46. The van der Waals surface area contributed by atoms with Crippen molar-refractivity contribution in [3.8, 4) is 5.75 Å². The summed E-state index contributed by atoms with van der Waals surface area (Å²) in [6.45, 7) is 0.560. The number of benzene rings is 1. The molecule has 2 amide bonds. The molecular weight excluding hydrogens is 286 g/mol. The molecule has 1 saturated heterocycles. The van der Waals surface area contributed by atoms with E-state index >= 15 is 0 Å². The maximum atomic E-state index is 12.3. The minimum Gasteiger partial charge on any atom is -0.484 e. The number of rotatable bonds is 6. The van der Waals surface area contributed by atoms with Crippen LogP contribution in [-0.4, -0.2) is 60.7 Å². The zero-order valence-corrected chi connectivity index (χ0v) is 12.5. The van der Waals surface area contributed by atoms with Gasteiger partial charge in [-0.25, -0.2) is 0 Å². The lowest BCUT2D eigenvalue weighted by Crippen LogP contribution is -2.36. The van der Waals surface area contributed by atoms with Crippen LogP contribution in [-0.2, 0) is 4.79 Å². The summed E-state index contributed by atoms with van der Waals surface area (Å²) < 4.78 is 5.18. The number of likely N-dealkylation sites (tertiary alicyclic amines) is 1. The van der Waals surface area contributed by atoms with Crippen LogP contribution >= 0.6 is 0 Å². The fourth-order valence-corrected chi connectivity index (χ4v) is 2.55. The monoisotopic (exact) mass is 307 g/mol. The number of amides is 2. The topological polar surface area (TPSA) is 105 Å². The van der Waals surface area contributed by atoms with Crippen molar-refractivity contribution in [1.82, 2.24) is 10.2 Å². The molecule has 22 heavy (non-hydrogen) atoms. The quantitative estimate of drug-likeness (QED) is 0.647. The van der Waals surface area contributed by atoms with Crippen LogP contribution in [0.3, 0.4) is 0 Å². The maximum Gasteiger partial charge on any atom is 0.255 e. The van der Waals surface area contributed by atoms with Crippen LogP contribution in [0.1, 0.15) is 16.8 Å². The summed E-state index contributed by atoms with van der Waals surface area (Å²) in [5.74, 6) is -0.358. The number of carbonyl (C=O) groups is 2. The summed E-state index contributed by atoms with van der Waals surface area (Å²) in [7, 11) is 1.92. The van der Waals surface area contributed by atoms with Gasteiger partial charge in [0.05, 0.1) is 6.61 Å². The molecule has 1 aliphatic rings. The highest BCUT2D eigenvalue weighted by Crippen LogP contribution is 2.17. The second kappa shape index (κ2) is 7.24. The van der Waals surface area contributed by atoms with E-state index in [2.05, 4.69) is 5.32 Å². The van der Waals surface area contributed by atoms with Crippen LogP contribution in [0.15, 0.2) is 24.3 Å². The third-order valence-corrected chi connectivity index (χ3v) is 3.71. The third kappa shape index (κ3) is 4.19. The summed E-state index contributed by atoms with van der Waals surface area (Å²) in [6, 6.07) is 6.67. The molecule has 1 heterocycles. The average molecular weight is 307 g/mol. The molecule has 0 aliphatic carbocycles. The lowest BCUT2D eigenvalue weighted by Gasteiger charge is -2.15. The van der Waals surface area contributed by atoms with E-state index in [4.69, 9.17) is 10.5 Å². The van der Waals surface area contributed by atoms with Crippen molar-refractivity contribution in [1.29, 1.82) is 0 Å². The van der Waals surface area contributed by atoms with E-state index in [1.54, 1.807) is 24.3 Å². The molecule has 1 fully saturated rings. The van der Waals surface area contributed by atoms with Gasteiger partial charge in [0.1, 0.15) is 5.75 Å². The van der Waals surface area contributed by atoms with E-state index in [1.165, 1.54) is 0 Å². The smallest absolute Gasteiger partial charge is 0.255 e. The van der Waals surface area contributed by atoms with E-state index in [1.807, 2.05) is 11.9 Å². The largest absolute Gasteiger partial charge is 0.484 e. The van der Waals surface area contributed by atoms with Crippen LogP contribution < -0.4 is 15.8 Å². The predicted octanol–water partition coefficient (Wildman–Crippen LogP) is -0.654. The van der Waals surface area contributed by atoms with Crippen molar-refractivity contribution in [2.45, 2.75) is 18.5 Å². The van der Waals surface area contributed by atoms with Crippen molar-refractivity contribution in [2.24, 2.45) is 5.73 Å². The molecule has 2 atom stereocenters. The highest BCUT2D eigenvalue weighted by Gasteiger charge is 2.29. The third-order valence-electron chi connectivity index (χ3n) is 3.71. The van der Waals surface area contributed by atoms with Gasteiger partial charge in [0, 0.05) is 24.2 Å². The average Bonchev–Trinajstić information content (AvgIpc) is 2.85. The van der Waals surface area contributed by atoms with Gasteiger partial charge in [-0.1, -0.05) is 6.07 Å². The summed E-state index contributed by atoms with van der Waals surface area (Å²) in [4.78, 5) is 25.0. The van der Waals surface area contributed by atoms with Crippen molar-refractivity contribution < 1.29 is 19.4 Å². The molecule has 1 aromatic rings. The first-order chi connectivity index (χ1) is 10.5. The van der Waals surface area contributed by atoms with Crippen molar-refractivity contribution >= 4 is 11.8 Å². The number of carbonyl (C=O) groups excluding carboxylic acids is 2. The van der Waals surface area contributed by atoms with Crippen LogP contribution in [0.2, 0.25) is 0 Å². The number of primary amides is 1. The molecule has 120 valence electrons. The van der Waals surface area contributed by atoms with Gasteiger partial charge in [-0.2, -0.15) is 0 Å². The predicted molar refractivity (Wildman–Crippen MR) is 80.5 cm³/mol. The van der Waals surface area contributed by atoms with Crippen LogP contribution in [0.25, 0.3) is 0 Å². The molecule has 0 aromatic heterocycles. The molecule has 0 unspecified atom stereocenters. The van der Waals surface area contributed by atoms with Gasteiger partial charge < -0.3 is 20.9 Å². The fraction of sp³-hybridized carbons (Fsp3) is 0.467. The Kier molecular flexibility index (Phi) is 5.35.